The summed E-state index contributed by atoms with van der Waals surface area (Å²) in [5.41, 5.74) is 2.92. The smallest absolute Gasteiger partial charge is 0.223 e. The number of benzene rings is 1. The van der Waals surface area contributed by atoms with E-state index in [9.17, 15) is 9.59 Å². The van der Waals surface area contributed by atoms with E-state index in [0.717, 1.165) is 32.4 Å². The van der Waals surface area contributed by atoms with E-state index in [1.165, 1.54) is 11.1 Å². The second-order valence-electron chi connectivity index (χ2n) is 10.6. The average Bonchev–Trinajstić information content (AvgIpc) is 3.01. The third-order valence-electron chi connectivity index (χ3n) is 7.15. The van der Waals surface area contributed by atoms with E-state index in [1.807, 2.05) is 4.90 Å². The summed E-state index contributed by atoms with van der Waals surface area (Å²) in [4.78, 5) is 29.7. The van der Waals surface area contributed by atoms with Crippen molar-refractivity contribution in [3.63, 3.8) is 0 Å². The van der Waals surface area contributed by atoms with Crippen molar-refractivity contribution in [2.75, 3.05) is 39.4 Å². The molecule has 0 bridgehead atoms. The predicted octanol–water partition coefficient (Wildman–Crippen LogP) is 3.72. The third kappa shape index (κ3) is 4.41. The summed E-state index contributed by atoms with van der Waals surface area (Å²) < 4.78 is 5.40. The van der Waals surface area contributed by atoms with Gasteiger partial charge in [-0.15, -0.1) is 0 Å². The maximum Gasteiger partial charge on any atom is 0.223 e. The molecule has 2 amide bonds. The maximum atomic E-state index is 12.9. The molecule has 0 aromatic heterocycles. The van der Waals surface area contributed by atoms with Gasteiger partial charge in [0, 0.05) is 39.0 Å². The fourth-order valence-corrected chi connectivity index (χ4v) is 5.59. The number of hydrogen-bond acceptors (Lipinski definition) is 3. The number of piperidine rings is 1. The standard InChI is InChI=1S/C25H36N2O3/c1-24(2,3)18-23(29)26-10-8-25(9-11-26)17-19(20-6-4-5-7-21(20)25)16-22(28)27-12-14-30-15-13-27/h4-7,19H,8-18H2,1-3H3. The first-order chi connectivity index (χ1) is 14.3. The monoisotopic (exact) mass is 412 g/mol. The van der Waals surface area contributed by atoms with E-state index in [1.54, 1.807) is 0 Å². The Morgan fingerprint density at radius 3 is 2.30 bits per heavy atom. The molecule has 2 fully saturated rings. The molecule has 2 saturated heterocycles. The van der Waals surface area contributed by atoms with Gasteiger partial charge >= 0.3 is 0 Å². The van der Waals surface area contributed by atoms with Gasteiger partial charge in [-0.1, -0.05) is 45.0 Å². The molecule has 30 heavy (non-hydrogen) atoms. The molecule has 1 atom stereocenters. The van der Waals surface area contributed by atoms with Crippen LogP contribution in [0.4, 0.5) is 0 Å². The van der Waals surface area contributed by atoms with Gasteiger partial charge in [-0.2, -0.15) is 0 Å². The highest BCUT2D eigenvalue weighted by atomic mass is 16.5. The molecule has 2 heterocycles. The summed E-state index contributed by atoms with van der Waals surface area (Å²) in [7, 11) is 0. The first kappa shape index (κ1) is 21.4. The molecule has 1 spiro atoms. The largest absolute Gasteiger partial charge is 0.378 e. The summed E-state index contributed by atoms with van der Waals surface area (Å²) in [5, 5.41) is 0. The summed E-state index contributed by atoms with van der Waals surface area (Å²) in [6.45, 7) is 10.7. The highest BCUT2D eigenvalue weighted by Crippen LogP contribution is 2.52. The van der Waals surface area contributed by atoms with Gasteiger partial charge in [-0.3, -0.25) is 9.59 Å². The first-order valence-corrected chi connectivity index (χ1v) is 11.5. The number of ether oxygens (including phenoxy) is 1. The Kier molecular flexibility index (Phi) is 5.93. The van der Waals surface area contributed by atoms with Crippen molar-refractivity contribution in [2.45, 2.75) is 64.2 Å². The number of fused-ring (bicyclic) bond motifs is 2. The molecule has 0 saturated carbocycles. The zero-order valence-electron chi connectivity index (χ0n) is 18.8. The van der Waals surface area contributed by atoms with Crippen molar-refractivity contribution >= 4 is 11.8 Å². The number of rotatable bonds is 3. The van der Waals surface area contributed by atoms with E-state index >= 15 is 0 Å². The van der Waals surface area contributed by atoms with Crippen LogP contribution in [0.25, 0.3) is 0 Å². The lowest BCUT2D eigenvalue weighted by Crippen LogP contribution is -2.45. The number of amides is 2. The Morgan fingerprint density at radius 2 is 1.63 bits per heavy atom. The summed E-state index contributed by atoms with van der Waals surface area (Å²) in [6.07, 6.45) is 4.23. The van der Waals surface area contributed by atoms with Crippen LogP contribution in [0.1, 0.15) is 69.9 Å². The van der Waals surface area contributed by atoms with Crippen molar-refractivity contribution < 1.29 is 14.3 Å². The SMILES string of the molecule is CC(C)(C)CC(=O)N1CCC2(CC1)CC(CC(=O)N1CCOCC1)c1ccccc12. The molecule has 1 aliphatic carbocycles. The lowest BCUT2D eigenvalue weighted by Gasteiger charge is -2.41. The normalized spacial score (nSPS) is 23.5. The number of carbonyl (C=O) groups is 2. The topological polar surface area (TPSA) is 49.9 Å². The number of hydrogen-bond donors (Lipinski definition) is 0. The number of nitrogens with zero attached hydrogens (tertiary/aromatic N) is 2. The van der Waals surface area contributed by atoms with Crippen molar-refractivity contribution in [1.29, 1.82) is 0 Å². The molecule has 5 heteroatoms. The van der Waals surface area contributed by atoms with Crippen LogP contribution in [0.2, 0.25) is 0 Å². The zero-order chi connectivity index (χ0) is 21.4. The summed E-state index contributed by atoms with van der Waals surface area (Å²) in [5.74, 6) is 0.823. The Morgan fingerprint density at radius 1 is 1.00 bits per heavy atom. The molecule has 0 N–H and O–H groups in total. The summed E-state index contributed by atoms with van der Waals surface area (Å²) in [6, 6.07) is 8.72. The fourth-order valence-electron chi connectivity index (χ4n) is 5.59. The molecule has 2 aliphatic heterocycles. The minimum absolute atomic E-state index is 0.0249. The van der Waals surface area contributed by atoms with Gasteiger partial charge in [-0.25, -0.2) is 0 Å². The van der Waals surface area contributed by atoms with Crippen LogP contribution in [-0.4, -0.2) is 61.0 Å². The van der Waals surface area contributed by atoms with Crippen molar-refractivity contribution in [2.24, 2.45) is 5.41 Å². The molecular formula is C25H36N2O3. The Labute approximate surface area is 180 Å². The molecule has 1 aromatic rings. The Balaban J connectivity index is 1.45. The van der Waals surface area contributed by atoms with Gasteiger partial charge < -0.3 is 14.5 Å². The van der Waals surface area contributed by atoms with Crippen LogP contribution in [0.15, 0.2) is 24.3 Å². The van der Waals surface area contributed by atoms with Crippen LogP contribution in [0, 0.1) is 5.41 Å². The van der Waals surface area contributed by atoms with E-state index in [4.69, 9.17) is 4.74 Å². The van der Waals surface area contributed by atoms with Crippen molar-refractivity contribution in [3.8, 4) is 0 Å². The molecule has 1 unspecified atom stereocenters. The van der Waals surface area contributed by atoms with Gasteiger partial charge in [-0.05, 0) is 47.1 Å². The third-order valence-corrected chi connectivity index (χ3v) is 7.15. The summed E-state index contributed by atoms with van der Waals surface area (Å²) >= 11 is 0. The lowest BCUT2D eigenvalue weighted by atomic mass is 9.73. The zero-order valence-corrected chi connectivity index (χ0v) is 18.8. The lowest BCUT2D eigenvalue weighted by molar-refractivity contribution is -0.135. The van der Waals surface area contributed by atoms with Gasteiger partial charge in [0.05, 0.1) is 13.2 Å². The Hall–Kier alpha value is -1.88. The van der Waals surface area contributed by atoms with Gasteiger partial charge in [0.1, 0.15) is 0 Å². The second kappa shape index (κ2) is 8.33. The van der Waals surface area contributed by atoms with Crippen LogP contribution in [-0.2, 0) is 19.7 Å². The van der Waals surface area contributed by atoms with E-state index < -0.39 is 0 Å². The van der Waals surface area contributed by atoms with E-state index in [-0.39, 0.29) is 28.6 Å². The van der Waals surface area contributed by atoms with Crippen LogP contribution in [0.3, 0.4) is 0 Å². The molecule has 4 rings (SSSR count). The molecule has 3 aliphatic rings. The van der Waals surface area contributed by atoms with Crippen LogP contribution >= 0.6 is 0 Å². The van der Waals surface area contributed by atoms with E-state index in [2.05, 4.69) is 49.9 Å². The minimum Gasteiger partial charge on any atom is -0.378 e. The highest BCUT2D eigenvalue weighted by molar-refractivity contribution is 5.78. The number of morpholine rings is 1. The van der Waals surface area contributed by atoms with Gasteiger partial charge in [0.2, 0.25) is 11.8 Å². The quantitative estimate of drug-likeness (QED) is 0.760. The predicted molar refractivity (Wildman–Crippen MR) is 117 cm³/mol. The molecule has 164 valence electrons. The van der Waals surface area contributed by atoms with Crippen molar-refractivity contribution in [3.05, 3.63) is 35.4 Å². The van der Waals surface area contributed by atoms with E-state index in [0.29, 0.717) is 39.1 Å². The van der Waals surface area contributed by atoms with Crippen LogP contribution in [0.5, 0.6) is 0 Å². The van der Waals surface area contributed by atoms with Gasteiger partial charge in [0.25, 0.3) is 0 Å². The highest BCUT2D eigenvalue weighted by Gasteiger charge is 2.46. The fraction of sp³-hybridized carbons (Fsp3) is 0.680. The molecule has 5 nitrogen and oxygen atoms in total. The maximum absolute atomic E-state index is 12.9. The molecule has 0 radical (unpaired) electrons. The second-order valence-corrected chi connectivity index (χ2v) is 10.6. The number of likely N-dealkylation sites (tertiary alicyclic amines) is 1. The van der Waals surface area contributed by atoms with Crippen molar-refractivity contribution in [1.82, 2.24) is 9.80 Å². The number of carbonyl (C=O) groups excluding carboxylic acids is 2. The Bertz CT molecular complexity index is 784. The minimum atomic E-state index is 0.0249. The average molecular weight is 413 g/mol. The molecule has 1 aromatic carbocycles. The van der Waals surface area contributed by atoms with Gasteiger partial charge in [0.15, 0.2) is 0 Å². The molecular weight excluding hydrogens is 376 g/mol. The van der Waals surface area contributed by atoms with Crippen LogP contribution < -0.4 is 0 Å². The first-order valence-electron chi connectivity index (χ1n) is 11.5.